The summed E-state index contributed by atoms with van der Waals surface area (Å²) >= 11 is 6.13. The average Bonchev–Trinajstić information content (AvgIpc) is 2.64. The van der Waals surface area contributed by atoms with E-state index in [1.54, 1.807) is 0 Å². The second-order valence-electron chi connectivity index (χ2n) is 5.76. The molecule has 0 aliphatic heterocycles. The molecule has 0 heterocycles. The summed E-state index contributed by atoms with van der Waals surface area (Å²) in [4.78, 5) is 0. The standard InChI is InChI=1S/C21H21ClN2O/c1-16-7-8-18(15-21(16)22)24-14-13-23-17-9-11-20(12-10-17)25-19-5-3-2-4-6-19/h2-12,15,23-24H,13-14H2,1H3. The van der Waals surface area contributed by atoms with E-state index < -0.39 is 0 Å². The van der Waals surface area contributed by atoms with Gasteiger partial charge in [0.2, 0.25) is 0 Å². The summed E-state index contributed by atoms with van der Waals surface area (Å²) in [7, 11) is 0. The number of hydrogen-bond acceptors (Lipinski definition) is 3. The number of nitrogens with one attached hydrogen (secondary N) is 2. The predicted octanol–water partition coefficient (Wildman–Crippen LogP) is 5.96. The van der Waals surface area contributed by atoms with Crippen LogP contribution >= 0.6 is 11.6 Å². The van der Waals surface area contributed by atoms with Crippen LogP contribution in [0.1, 0.15) is 5.56 Å². The van der Waals surface area contributed by atoms with E-state index in [2.05, 4.69) is 10.6 Å². The van der Waals surface area contributed by atoms with Gasteiger partial charge in [0.25, 0.3) is 0 Å². The lowest BCUT2D eigenvalue weighted by Crippen LogP contribution is -2.13. The SMILES string of the molecule is Cc1ccc(NCCNc2ccc(Oc3ccccc3)cc2)cc1Cl. The minimum absolute atomic E-state index is 0.784. The Morgan fingerprint density at radius 3 is 2.04 bits per heavy atom. The highest BCUT2D eigenvalue weighted by Gasteiger charge is 1.99. The van der Waals surface area contributed by atoms with Gasteiger partial charge in [-0.1, -0.05) is 35.9 Å². The van der Waals surface area contributed by atoms with Crippen LogP contribution in [0.2, 0.25) is 5.02 Å². The highest BCUT2D eigenvalue weighted by atomic mass is 35.5. The van der Waals surface area contributed by atoms with Gasteiger partial charge in [-0.25, -0.2) is 0 Å². The lowest BCUT2D eigenvalue weighted by atomic mass is 10.2. The molecule has 3 aromatic rings. The van der Waals surface area contributed by atoms with Gasteiger partial charge in [-0.05, 0) is 61.0 Å². The lowest BCUT2D eigenvalue weighted by Gasteiger charge is -2.11. The zero-order chi connectivity index (χ0) is 17.5. The van der Waals surface area contributed by atoms with Gasteiger partial charge in [-0.3, -0.25) is 0 Å². The van der Waals surface area contributed by atoms with Crippen molar-refractivity contribution in [1.29, 1.82) is 0 Å². The molecule has 3 nitrogen and oxygen atoms in total. The molecule has 0 atom stereocenters. The molecule has 0 unspecified atom stereocenters. The van der Waals surface area contributed by atoms with Gasteiger partial charge in [0, 0.05) is 29.5 Å². The van der Waals surface area contributed by atoms with Crippen LogP contribution in [0.25, 0.3) is 0 Å². The topological polar surface area (TPSA) is 33.3 Å². The van der Waals surface area contributed by atoms with Gasteiger partial charge < -0.3 is 15.4 Å². The second kappa shape index (κ2) is 8.45. The highest BCUT2D eigenvalue weighted by Crippen LogP contribution is 2.22. The number of para-hydroxylation sites is 1. The molecule has 0 spiro atoms. The maximum atomic E-state index is 6.13. The van der Waals surface area contributed by atoms with Crippen molar-refractivity contribution in [2.45, 2.75) is 6.92 Å². The third-order valence-corrected chi connectivity index (χ3v) is 4.20. The highest BCUT2D eigenvalue weighted by molar-refractivity contribution is 6.31. The number of aryl methyl sites for hydroxylation is 1. The minimum Gasteiger partial charge on any atom is -0.457 e. The zero-order valence-electron chi connectivity index (χ0n) is 14.1. The molecule has 4 heteroatoms. The lowest BCUT2D eigenvalue weighted by molar-refractivity contribution is 0.483. The van der Waals surface area contributed by atoms with Gasteiger partial charge in [0.05, 0.1) is 0 Å². The van der Waals surface area contributed by atoms with Crippen molar-refractivity contribution in [2.75, 3.05) is 23.7 Å². The van der Waals surface area contributed by atoms with Crippen LogP contribution in [0.15, 0.2) is 72.8 Å². The molecule has 25 heavy (non-hydrogen) atoms. The fraction of sp³-hybridized carbons (Fsp3) is 0.143. The molecule has 2 N–H and O–H groups in total. The van der Waals surface area contributed by atoms with Crippen LogP contribution in [0.4, 0.5) is 11.4 Å². The van der Waals surface area contributed by atoms with E-state index in [-0.39, 0.29) is 0 Å². The van der Waals surface area contributed by atoms with Gasteiger partial charge in [-0.2, -0.15) is 0 Å². The van der Waals surface area contributed by atoms with Crippen molar-refractivity contribution < 1.29 is 4.74 Å². The van der Waals surface area contributed by atoms with E-state index in [9.17, 15) is 0 Å². The fourth-order valence-electron chi connectivity index (χ4n) is 2.38. The summed E-state index contributed by atoms with van der Waals surface area (Å²) in [6, 6.07) is 23.7. The molecule has 128 valence electrons. The number of benzene rings is 3. The Morgan fingerprint density at radius 2 is 1.36 bits per heavy atom. The normalized spacial score (nSPS) is 10.3. The third-order valence-electron chi connectivity index (χ3n) is 3.79. The van der Waals surface area contributed by atoms with Crippen molar-refractivity contribution in [3.05, 3.63) is 83.4 Å². The third kappa shape index (κ3) is 5.16. The second-order valence-corrected chi connectivity index (χ2v) is 6.16. The molecule has 0 saturated heterocycles. The van der Waals surface area contributed by atoms with Gasteiger partial charge >= 0.3 is 0 Å². The van der Waals surface area contributed by atoms with Gasteiger partial charge in [0.15, 0.2) is 0 Å². The van der Waals surface area contributed by atoms with Crippen LogP contribution in [-0.2, 0) is 0 Å². The summed E-state index contributed by atoms with van der Waals surface area (Å²) in [6.07, 6.45) is 0. The van der Waals surface area contributed by atoms with Gasteiger partial charge in [0.1, 0.15) is 11.5 Å². The average molecular weight is 353 g/mol. The first kappa shape index (κ1) is 17.2. The van der Waals surface area contributed by atoms with Crippen molar-refractivity contribution in [1.82, 2.24) is 0 Å². The van der Waals surface area contributed by atoms with Crippen LogP contribution in [0.3, 0.4) is 0 Å². The van der Waals surface area contributed by atoms with Crippen LogP contribution in [0.5, 0.6) is 11.5 Å². The molecular formula is C21H21ClN2O. The summed E-state index contributed by atoms with van der Waals surface area (Å²) in [5.41, 5.74) is 3.18. The molecule has 0 radical (unpaired) electrons. The molecule has 0 aliphatic rings. The summed E-state index contributed by atoms with van der Waals surface area (Å²) in [5, 5.41) is 7.52. The monoisotopic (exact) mass is 352 g/mol. The first-order valence-corrected chi connectivity index (χ1v) is 8.65. The first-order chi connectivity index (χ1) is 12.2. The summed E-state index contributed by atoms with van der Waals surface area (Å²) < 4.78 is 5.79. The molecule has 3 rings (SSSR count). The Kier molecular flexibility index (Phi) is 5.81. The van der Waals surface area contributed by atoms with E-state index >= 15 is 0 Å². The number of halogens is 1. The van der Waals surface area contributed by atoms with Crippen molar-refractivity contribution in [3.63, 3.8) is 0 Å². The summed E-state index contributed by atoms with van der Waals surface area (Å²) in [6.45, 7) is 3.62. The molecule has 3 aromatic carbocycles. The van der Waals surface area contributed by atoms with Crippen LogP contribution in [-0.4, -0.2) is 13.1 Å². The summed E-state index contributed by atoms with van der Waals surface area (Å²) in [5.74, 6) is 1.66. The molecular weight excluding hydrogens is 332 g/mol. The predicted molar refractivity (Wildman–Crippen MR) is 106 cm³/mol. The smallest absolute Gasteiger partial charge is 0.127 e. The Morgan fingerprint density at radius 1 is 0.760 bits per heavy atom. The van der Waals surface area contributed by atoms with E-state index in [1.807, 2.05) is 79.7 Å². The largest absolute Gasteiger partial charge is 0.457 e. The van der Waals surface area contributed by atoms with Gasteiger partial charge in [-0.15, -0.1) is 0 Å². The molecule has 0 aromatic heterocycles. The molecule has 0 saturated carbocycles. The quantitative estimate of drug-likeness (QED) is 0.514. The van der Waals surface area contributed by atoms with E-state index in [4.69, 9.17) is 16.3 Å². The number of hydrogen-bond donors (Lipinski definition) is 2. The number of ether oxygens (including phenoxy) is 1. The molecule has 0 bridgehead atoms. The van der Waals surface area contributed by atoms with Crippen LogP contribution < -0.4 is 15.4 Å². The Hall–Kier alpha value is -2.65. The Bertz CT molecular complexity index is 804. The molecule has 0 aliphatic carbocycles. The maximum absolute atomic E-state index is 6.13. The van der Waals surface area contributed by atoms with E-state index in [0.29, 0.717) is 0 Å². The Balaban J connectivity index is 1.44. The van der Waals surface area contributed by atoms with Crippen molar-refractivity contribution in [2.24, 2.45) is 0 Å². The molecule has 0 amide bonds. The maximum Gasteiger partial charge on any atom is 0.127 e. The van der Waals surface area contributed by atoms with Crippen LogP contribution in [0, 0.1) is 6.92 Å². The fourth-order valence-corrected chi connectivity index (χ4v) is 2.56. The van der Waals surface area contributed by atoms with Crippen molar-refractivity contribution in [3.8, 4) is 11.5 Å². The van der Waals surface area contributed by atoms with E-state index in [0.717, 1.165) is 46.5 Å². The van der Waals surface area contributed by atoms with Crippen molar-refractivity contribution >= 4 is 23.0 Å². The number of rotatable bonds is 7. The molecule has 0 fully saturated rings. The number of anilines is 2. The Labute approximate surface area is 153 Å². The zero-order valence-corrected chi connectivity index (χ0v) is 14.9. The minimum atomic E-state index is 0.784. The van der Waals surface area contributed by atoms with E-state index in [1.165, 1.54) is 0 Å². The first-order valence-electron chi connectivity index (χ1n) is 8.27.